The summed E-state index contributed by atoms with van der Waals surface area (Å²) in [4.78, 5) is 17.5. The summed E-state index contributed by atoms with van der Waals surface area (Å²) in [5.74, 6) is -0.210. The Hall–Kier alpha value is -2.51. The van der Waals surface area contributed by atoms with E-state index in [9.17, 15) is 9.90 Å². The minimum atomic E-state index is -0.356. The lowest BCUT2D eigenvalue weighted by Gasteiger charge is -1.99. The summed E-state index contributed by atoms with van der Waals surface area (Å²) in [7, 11) is 0. The van der Waals surface area contributed by atoms with Crippen molar-refractivity contribution in [1.29, 1.82) is 0 Å². The first-order chi connectivity index (χ1) is 12.0. The van der Waals surface area contributed by atoms with Gasteiger partial charge in [0.15, 0.2) is 0 Å². The van der Waals surface area contributed by atoms with Gasteiger partial charge in [-0.05, 0) is 46.6 Å². The van der Waals surface area contributed by atoms with E-state index in [1.165, 1.54) is 17.6 Å². The number of carbonyl (C=O) groups excluding carboxylic acids is 1. The Labute approximate surface area is 157 Å². The monoisotopic (exact) mass is 415 g/mol. The van der Waals surface area contributed by atoms with Crippen molar-refractivity contribution in [2.75, 3.05) is 0 Å². The van der Waals surface area contributed by atoms with E-state index >= 15 is 0 Å². The molecule has 2 N–H and O–H groups in total. The SMILES string of the molecule is Cc1sc(-c2ccccc2)nc1C(=O)N/N=C\c1ccc(O)c(Br)c1. The van der Waals surface area contributed by atoms with Crippen LogP contribution in [0.4, 0.5) is 0 Å². The molecule has 7 heteroatoms. The number of thiazole rings is 1. The fourth-order valence-corrected chi connectivity index (χ4v) is 3.45. The molecule has 0 aliphatic rings. The molecular formula is C18H14BrN3O2S. The first kappa shape index (κ1) is 17.3. The molecule has 0 unspecified atom stereocenters. The number of benzene rings is 2. The zero-order valence-electron chi connectivity index (χ0n) is 13.2. The highest BCUT2D eigenvalue weighted by Crippen LogP contribution is 2.27. The van der Waals surface area contributed by atoms with E-state index in [0.29, 0.717) is 10.2 Å². The standard InChI is InChI=1S/C18H14BrN3O2S/c1-11-16(21-18(25-11)13-5-3-2-4-6-13)17(24)22-20-10-12-7-8-15(23)14(19)9-12/h2-10,23H,1H3,(H,22,24)/b20-10-. The molecule has 3 aromatic rings. The molecule has 0 saturated carbocycles. The van der Waals surface area contributed by atoms with E-state index in [-0.39, 0.29) is 11.7 Å². The third kappa shape index (κ3) is 4.12. The van der Waals surface area contributed by atoms with Crippen LogP contribution in [0.3, 0.4) is 0 Å². The summed E-state index contributed by atoms with van der Waals surface area (Å²) < 4.78 is 0.561. The van der Waals surface area contributed by atoms with E-state index in [1.54, 1.807) is 18.2 Å². The number of phenols is 1. The molecule has 3 rings (SSSR count). The Kier molecular flexibility index (Phi) is 5.25. The number of nitrogens with one attached hydrogen (secondary N) is 1. The highest BCUT2D eigenvalue weighted by molar-refractivity contribution is 9.10. The van der Waals surface area contributed by atoms with Crippen molar-refractivity contribution in [2.45, 2.75) is 6.92 Å². The molecule has 2 aromatic carbocycles. The van der Waals surface area contributed by atoms with E-state index in [2.05, 4.69) is 31.4 Å². The summed E-state index contributed by atoms with van der Waals surface area (Å²) in [6.45, 7) is 1.86. The molecule has 25 heavy (non-hydrogen) atoms. The number of hydrogen-bond donors (Lipinski definition) is 2. The number of aromatic hydroxyl groups is 1. The number of aryl methyl sites for hydroxylation is 1. The summed E-state index contributed by atoms with van der Waals surface area (Å²) in [6.07, 6.45) is 1.50. The average molecular weight is 416 g/mol. The Balaban J connectivity index is 1.72. The molecular weight excluding hydrogens is 402 g/mol. The maximum atomic E-state index is 12.3. The van der Waals surface area contributed by atoms with Crippen molar-refractivity contribution < 1.29 is 9.90 Å². The molecule has 0 radical (unpaired) electrons. The minimum absolute atomic E-state index is 0.146. The predicted molar refractivity (Wildman–Crippen MR) is 103 cm³/mol. The van der Waals surface area contributed by atoms with Crippen LogP contribution in [0.25, 0.3) is 10.6 Å². The van der Waals surface area contributed by atoms with E-state index < -0.39 is 0 Å². The van der Waals surface area contributed by atoms with Gasteiger partial charge in [0, 0.05) is 10.4 Å². The number of amides is 1. The van der Waals surface area contributed by atoms with Crippen LogP contribution in [-0.2, 0) is 0 Å². The van der Waals surface area contributed by atoms with Crippen LogP contribution in [0.2, 0.25) is 0 Å². The van der Waals surface area contributed by atoms with Crippen LogP contribution < -0.4 is 5.43 Å². The number of phenolic OH excluding ortho intramolecular Hbond substituents is 1. The van der Waals surface area contributed by atoms with Gasteiger partial charge < -0.3 is 5.11 Å². The van der Waals surface area contributed by atoms with Crippen molar-refractivity contribution in [2.24, 2.45) is 5.10 Å². The Bertz CT molecular complexity index is 939. The molecule has 0 bridgehead atoms. The second-order valence-electron chi connectivity index (χ2n) is 5.20. The van der Waals surface area contributed by atoms with E-state index in [0.717, 1.165) is 21.0 Å². The van der Waals surface area contributed by atoms with Gasteiger partial charge in [-0.25, -0.2) is 10.4 Å². The third-order valence-corrected chi connectivity index (χ3v) is 5.04. The van der Waals surface area contributed by atoms with Crippen LogP contribution in [0.15, 0.2) is 58.1 Å². The zero-order chi connectivity index (χ0) is 17.8. The van der Waals surface area contributed by atoms with E-state index in [1.807, 2.05) is 37.3 Å². The largest absolute Gasteiger partial charge is 0.507 e. The van der Waals surface area contributed by atoms with Gasteiger partial charge in [-0.3, -0.25) is 4.79 Å². The number of halogens is 1. The van der Waals surface area contributed by atoms with Gasteiger partial charge in [-0.1, -0.05) is 30.3 Å². The Morgan fingerprint density at radius 3 is 2.76 bits per heavy atom. The first-order valence-electron chi connectivity index (χ1n) is 7.39. The normalized spacial score (nSPS) is 11.0. The van der Waals surface area contributed by atoms with Crippen molar-refractivity contribution in [3.05, 3.63) is 69.1 Å². The van der Waals surface area contributed by atoms with Gasteiger partial charge in [0.05, 0.1) is 10.7 Å². The second-order valence-corrected chi connectivity index (χ2v) is 7.26. The number of nitrogens with zero attached hydrogens (tertiary/aromatic N) is 2. The number of rotatable bonds is 4. The topological polar surface area (TPSA) is 74.6 Å². The highest BCUT2D eigenvalue weighted by atomic mass is 79.9. The third-order valence-electron chi connectivity index (χ3n) is 3.38. The molecule has 1 aromatic heterocycles. The quantitative estimate of drug-likeness (QED) is 0.491. The summed E-state index contributed by atoms with van der Waals surface area (Å²) in [5.41, 5.74) is 4.57. The zero-order valence-corrected chi connectivity index (χ0v) is 15.6. The van der Waals surface area contributed by atoms with Crippen LogP contribution in [0.1, 0.15) is 20.9 Å². The lowest BCUT2D eigenvalue weighted by Crippen LogP contribution is -2.18. The molecule has 0 fully saturated rings. The van der Waals surface area contributed by atoms with Crippen molar-refractivity contribution in [3.63, 3.8) is 0 Å². The number of aromatic nitrogens is 1. The molecule has 0 spiro atoms. The van der Waals surface area contributed by atoms with Gasteiger partial charge in [0.1, 0.15) is 16.5 Å². The summed E-state index contributed by atoms with van der Waals surface area (Å²) >= 11 is 4.70. The molecule has 0 saturated heterocycles. The minimum Gasteiger partial charge on any atom is -0.507 e. The molecule has 1 heterocycles. The number of hydrogen-bond acceptors (Lipinski definition) is 5. The maximum Gasteiger partial charge on any atom is 0.291 e. The molecule has 1 amide bonds. The van der Waals surface area contributed by atoms with Gasteiger partial charge >= 0.3 is 0 Å². The molecule has 0 atom stereocenters. The van der Waals surface area contributed by atoms with Gasteiger partial charge in [0.25, 0.3) is 5.91 Å². The lowest BCUT2D eigenvalue weighted by atomic mass is 10.2. The summed E-state index contributed by atoms with van der Waals surface area (Å²) in [6, 6.07) is 14.7. The fraction of sp³-hybridized carbons (Fsp3) is 0.0556. The predicted octanol–water partition coefficient (Wildman–Crippen LogP) is 4.35. The van der Waals surface area contributed by atoms with Crippen molar-refractivity contribution in [3.8, 4) is 16.3 Å². The first-order valence-corrected chi connectivity index (χ1v) is 9.00. The lowest BCUT2D eigenvalue weighted by molar-refractivity contribution is 0.0950. The molecule has 5 nitrogen and oxygen atoms in total. The van der Waals surface area contributed by atoms with Gasteiger partial charge in [0.2, 0.25) is 0 Å². The average Bonchev–Trinajstić information content (AvgIpc) is 3.01. The second kappa shape index (κ2) is 7.58. The smallest absolute Gasteiger partial charge is 0.291 e. The number of hydrazone groups is 1. The Morgan fingerprint density at radius 1 is 1.28 bits per heavy atom. The molecule has 0 aliphatic carbocycles. The molecule has 126 valence electrons. The molecule has 0 aliphatic heterocycles. The van der Waals surface area contributed by atoms with Crippen LogP contribution in [-0.4, -0.2) is 22.2 Å². The maximum absolute atomic E-state index is 12.3. The number of carbonyl (C=O) groups is 1. The Morgan fingerprint density at radius 2 is 2.04 bits per heavy atom. The van der Waals surface area contributed by atoms with Crippen LogP contribution in [0, 0.1) is 6.92 Å². The van der Waals surface area contributed by atoms with Crippen molar-refractivity contribution >= 4 is 39.4 Å². The van der Waals surface area contributed by atoms with Crippen LogP contribution in [0.5, 0.6) is 5.75 Å². The summed E-state index contributed by atoms with van der Waals surface area (Å²) in [5, 5.41) is 14.2. The van der Waals surface area contributed by atoms with Gasteiger partial charge in [-0.2, -0.15) is 5.10 Å². The van der Waals surface area contributed by atoms with E-state index in [4.69, 9.17) is 0 Å². The van der Waals surface area contributed by atoms with Gasteiger partial charge in [-0.15, -0.1) is 11.3 Å². The highest BCUT2D eigenvalue weighted by Gasteiger charge is 2.15. The van der Waals surface area contributed by atoms with Crippen LogP contribution >= 0.6 is 27.3 Å². The van der Waals surface area contributed by atoms with Crippen molar-refractivity contribution in [1.82, 2.24) is 10.4 Å². The fourth-order valence-electron chi connectivity index (χ4n) is 2.13.